The minimum Gasteiger partial charge on any atom is -0.279 e. The monoisotopic (exact) mass is 287 g/mol. The number of rotatable bonds is 3. The van der Waals surface area contributed by atoms with Crippen molar-refractivity contribution in [2.24, 2.45) is 0 Å². The number of hydrogen-bond acceptors (Lipinski definition) is 3. The van der Waals surface area contributed by atoms with E-state index in [0.717, 1.165) is 4.88 Å². The van der Waals surface area contributed by atoms with Gasteiger partial charge in [-0.2, -0.15) is 0 Å². The van der Waals surface area contributed by atoms with Gasteiger partial charge in [0, 0.05) is 15.6 Å². The minimum absolute atomic E-state index is 0.310. The summed E-state index contributed by atoms with van der Waals surface area (Å²) in [5.41, 5.74) is 0.500. The molecule has 2 rings (SSSR count). The van der Waals surface area contributed by atoms with Crippen LogP contribution in [0.1, 0.15) is 4.88 Å². The summed E-state index contributed by atoms with van der Waals surface area (Å²) < 4.78 is 26.7. The molecule has 0 amide bonds. The van der Waals surface area contributed by atoms with E-state index in [2.05, 4.69) is 4.72 Å². The van der Waals surface area contributed by atoms with E-state index in [0.29, 0.717) is 14.9 Å². The number of thiophene rings is 1. The molecule has 0 bridgehead atoms. The highest BCUT2D eigenvalue weighted by atomic mass is 35.5. The molecule has 0 aliphatic carbocycles. The molecule has 0 aliphatic heterocycles. The first-order valence-electron chi connectivity index (χ1n) is 4.82. The van der Waals surface area contributed by atoms with Crippen LogP contribution in [0.4, 0.5) is 5.69 Å². The van der Waals surface area contributed by atoms with Crippen LogP contribution in [-0.4, -0.2) is 8.42 Å². The highest BCUT2D eigenvalue weighted by Gasteiger charge is 2.15. The third kappa shape index (κ3) is 3.00. The molecule has 1 aromatic carbocycles. The van der Waals surface area contributed by atoms with Gasteiger partial charge >= 0.3 is 0 Å². The first-order chi connectivity index (χ1) is 7.97. The molecule has 0 atom stereocenters. The van der Waals surface area contributed by atoms with Crippen molar-refractivity contribution in [1.82, 2.24) is 0 Å². The molecule has 0 spiro atoms. The van der Waals surface area contributed by atoms with Crippen molar-refractivity contribution >= 4 is 38.6 Å². The quantitative estimate of drug-likeness (QED) is 0.939. The van der Waals surface area contributed by atoms with Crippen LogP contribution in [0.3, 0.4) is 0 Å². The third-order valence-electron chi connectivity index (χ3n) is 2.08. The predicted octanol–water partition coefficient (Wildman–Crippen LogP) is 3.51. The van der Waals surface area contributed by atoms with Gasteiger partial charge in [0.25, 0.3) is 10.0 Å². The Kier molecular flexibility index (Phi) is 3.42. The van der Waals surface area contributed by atoms with Gasteiger partial charge in [-0.05, 0) is 43.3 Å². The molecule has 2 aromatic rings. The number of halogens is 1. The summed E-state index contributed by atoms with van der Waals surface area (Å²) in [4.78, 5) is 0.960. The number of aryl methyl sites for hydroxylation is 1. The van der Waals surface area contributed by atoms with Crippen LogP contribution in [0.2, 0.25) is 5.02 Å². The predicted molar refractivity (Wildman–Crippen MR) is 71.3 cm³/mol. The van der Waals surface area contributed by atoms with Gasteiger partial charge in [-0.3, -0.25) is 4.72 Å². The van der Waals surface area contributed by atoms with Crippen molar-refractivity contribution < 1.29 is 8.42 Å². The average molecular weight is 288 g/mol. The van der Waals surface area contributed by atoms with Crippen molar-refractivity contribution in [3.05, 3.63) is 46.3 Å². The molecule has 1 heterocycles. The minimum atomic E-state index is -3.48. The Morgan fingerprint density at radius 2 is 1.76 bits per heavy atom. The molecule has 0 saturated carbocycles. The maximum atomic E-state index is 12.0. The first-order valence-corrected chi connectivity index (χ1v) is 7.50. The number of nitrogens with one attached hydrogen (secondary N) is 1. The average Bonchev–Trinajstić information content (AvgIpc) is 2.69. The van der Waals surface area contributed by atoms with Crippen molar-refractivity contribution in [2.45, 2.75) is 11.1 Å². The van der Waals surface area contributed by atoms with Gasteiger partial charge in [0.1, 0.15) is 4.21 Å². The van der Waals surface area contributed by atoms with Crippen LogP contribution in [0.25, 0.3) is 0 Å². The summed E-state index contributed by atoms with van der Waals surface area (Å²) in [7, 11) is -3.48. The molecule has 0 radical (unpaired) electrons. The Labute approximate surface area is 109 Å². The Balaban J connectivity index is 2.26. The highest BCUT2D eigenvalue weighted by molar-refractivity contribution is 7.94. The molecule has 3 nitrogen and oxygen atoms in total. The maximum Gasteiger partial charge on any atom is 0.271 e. The van der Waals surface area contributed by atoms with Crippen LogP contribution in [-0.2, 0) is 10.0 Å². The molecule has 0 unspecified atom stereocenters. The lowest BCUT2D eigenvalue weighted by Gasteiger charge is -2.05. The van der Waals surface area contributed by atoms with E-state index in [-0.39, 0.29) is 0 Å². The van der Waals surface area contributed by atoms with Gasteiger partial charge < -0.3 is 0 Å². The maximum absolute atomic E-state index is 12.0. The molecule has 1 N–H and O–H groups in total. The van der Waals surface area contributed by atoms with Gasteiger partial charge in [0.2, 0.25) is 0 Å². The second-order valence-electron chi connectivity index (χ2n) is 3.48. The second-order valence-corrected chi connectivity index (χ2v) is 7.11. The van der Waals surface area contributed by atoms with Gasteiger partial charge in [-0.15, -0.1) is 11.3 Å². The Morgan fingerprint density at radius 1 is 1.12 bits per heavy atom. The van der Waals surface area contributed by atoms with Gasteiger partial charge in [0.15, 0.2) is 0 Å². The van der Waals surface area contributed by atoms with E-state index in [4.69, 9.17) is 11.6 Å². The van der Waals surface area contributed by atoms with Crippen LogP contribution in [0.5, 0.6) is 0 Å². The fourth-order valence-electron chi connectivity index (χ4n) is 1.28. The largest absolute Gasteiger partial charge is 0.279 e. The zero-order chi connectivity index (χ0) is 12.5. The Bertz CT molecular complexity index is 617. The lowest BCUT2D eigenvalue weighted by atomic mass is 10.3. The normalized spacial score (nSPS) is 11.4. The first kappa shape index (κ1) is 12.4. The molecule has 90 valence electrons. The fraction of sp³-hybridized carbons (Fsp3) is 0.0909. The number of hydrogen-bond donors (Lipinski definition) is 1. The lowest BCUT2D eigenvalue weighted by Crippen LogP contribution is -2.11. The standard InChI is InChI=1S/C11H10ClNO2S2/c1-8-2-7-11(16-8)17(14,15)13-10-5-3-9(12)4-6-10/h2-7,13H,1H3. The SMILES string of the molecule is Cc1ccc(S(=O)(=O)Nc2ccc(Cl)cc2)s1. The highest BCUT2D eigenvalue weighted by Crippen LogP contribution is 2.23. The lowest BCUT2D eigenvalue weighted by molar-refractivity contribution is 0.603. The van der Waals surface area contributed by atoms with E-state index in [9.17, 15) is 8.42 Å². The van der Waals surface area contributed by atoms with Crippen LogP contribution in [0.15, 0.2) is 40.6 Å². The summed E-state index contributed by atoms with van der Waals surface area (Å²) in [6.07, 6.45) is 0. The van der Waals surface area contributed by atoms with Gasteiger partial charge in [-0.25, -0.2) is 8.42 Å². The fourth-order valence-corrected chi connectivity index (χ4v) is 3.75. The molecular weight excluding hydrogens is 278 g/mol. The van der Waals surface area contributed by atoms with E-state index in [1.807, 2.05) is 6.92 Å². The summed E-state index contributed by atoms with van der Waals surface area (Å²) in [6.45, 7) is 1.87. The van der Waals surface area contributed by atoms with E-state index in [1.54, 1.807) is 36.4 Å². The summed E-state index contributed by atoms with van der Waals surface area (Å²) in [6, 6.07) is 9.90. The van der Waals surface area contributed by atoms with Crippen molar-refractivity contribution in [1.29, 1.82) is 0 Å². The third-order valence-corrected chi connectivity index (χ3v) is 5.20. The number of sulfonamides is 1. The van der Waals surface area contributed by atoms with Crippen molar-refractivity contribution in [3.63, 3.8) is 0 Å². The topological polar surface area (TPSA) is 46.2 Å². The van der Waals surface area contributed by atoms with E-state index in [1.165, 1.54) is 11.3 Å². The van der Waals surface area contributed by atoms with Crippen molar-refractivity contribution in [3.8, 4) is 0 Å². The van der Waals surface area contributed by atoms with Gasteiger partial charge in [-0.1, -0.05) is 11.6 Å². The van der Waals surface area contributed by atoms with E-state index < -0.39 is 10.0 Å². The molecule has 1 aromatic heterocycles. The zero-order valence-electron chi connectivity index (χ0n) is 8.98. The smallest absolute Gasteiger partial charge is 0.271 e. The summed E-state index contributed by atoms with van der Waals surface area (Å²) in [5.74, 6) is 0. The van der Waals surface area contributed by atoms with Gasteiger partial charge in [0.05, 0.1) is 0 Å². The summed E-state index contributed by atoms with van der Waals surface area (Å²) >= 11 is 6.97. The molecule has 6 heteroatoms. The van der Waals surface area contributed by atoms with Crippen LogP contribution < -0.4 is 4.72 Å². The number of anilines is 1. The second kappa shape index (κ2) is 4.68. The molecule has 0 fully saturated rings. The van der Waals surface area contributed by atoms with Crippen LogP contribution in [0, 0.1) is 6.92 Å². The van der Waals surface area contributed by atoms with E-state index >= 15 is 0 Å². The zero-order valence-corrected chi connectivity index (χ0v) is 11.4. The van der Waals surface area contributed by atoms with Crippen molar-refractivity contribution in [2.75, 3.05) is 4.72 Å². The number of benzene rings is 1. The molecule has 17 heavy (non-hydrogen) atoms. The Morgan fingerprint density at radius 3 is 2.29 bits per heavy atom. The molecule has 0 aliphatic rings. The molecular formula is C11H10ClNO2S2. The Hall–Kier alpha value is -1.04. The molecule has 0 saturated heterocycles. The van der Waals surface area contributed by atoms with Crippen LogP contribution >= 0.6 is 22.9 Å². The summed E-state index contributed by atoms with van der Waals surface area (Å²) in [5, 5.41) is 0.569.